The lowest BCUT2D eigenvalue weighted by Crippen LogP contribution is -2.23. The van der Waals surface area contributed by atoms with Crippen molar-refractivity contribution >= 4 is 5.95 Å². The average Bonchev–Trinajstić information content (AvgIpc) is 2.83. The molecule has 0 aliphatic carbocycles. The van der Waals surface area contributed by atoms with Crippen molar-refractivity contribution in [3.05, 3.63) is 47.8 Å². The molecule has 2 aromatic rings. The highest BCUT2D eigenvalue weighted by Crippen LogP contribution is 2.35. The van der Waals surface area contributed by atoms with Crippen molar-refractivity contribution in [2.75, 3.05) is 11.9 Å². The van der Waals surface area contributed by atoms with E-state index in [1.807, 2.05) is 30.3 Å². The Balaban J connectivity index is 2.03. The van der Waals surface area contributed by atoms with Gasteiger partial charge in [0.05, 0.1) is 6.04 Å². The van der Waals surface area contributed by atoms with E-state index in [1.165, 1.54) is 0 Å². The summed E-state index contributed by atoms with van der Waals surface area (Å²) < 4.78 is 39.7. The molecule has 1 N–H and O–H groups in total. The monoisotopic (exact) mass is 267 g/mol. The topological polar surface area (TPSA) is 29.9 Å². The summed E-state index contributed by atoms with van der Waals surface area (Å²) in [6.07, 6.45) is -2.59. The van der Waals surface area contributed by atoms with Gasteiger partial charge in [-0.05, 0) is 12.0 Å². The second-order valence-corrected chi connectivity index (χ2v) is 4.50. The number of hydrogen-bond acceptors (Lipinski definition) is 2. The molecule has 3 rings (SSSR count). The quantitative estimate of drug-likeness (QED) is 0.859. The first-order chi connectivity index (χ1) is 9.05. The third-order valence-electron chi connectivity index (χ3n) is 3.24. The summed E-state index contributed by atoms with van der Waals surface area (Å²) in [5.74, 6) is 0.285. The normalized spacial score (nSPS) is 18.8. The van der Waals surface area contributed by atoms with Gasteiger partial charge in [-0.15, -0.1) is 0 Å². The van der Waals surface area contributed by atoms with E-state index in [1.54, 1.807) is 4.57 Å². The van der Waals surface area contributed by atoms with Gasteiger partial charge in [-0.25, -0.2) is 4.98 Å². The average molecular weight is 267 g/mol. The number of hydrogen-bond donors (Lipinski definition) is 1. The van der Waals surface area contributed by atoms with Crippen molar-refractivity contribution in [1.29, 1.82) is 0 Å². The molecule has 0 bridgehead atoms. The molecule has 6 heteroatoms. The summed E-state index contributed by atoms with van der Waals surface area (Å²) in [4.78, 5) is 3.62. The molecule has 1 unspecified atom stereocenters. The number of alkyl halides is 3. The molecule has 19 heavy (non-hydrogen) atoms. The minimum Gasteiger partial charge on any atom is -0.356 e. The van der Waals surface area contributed by atoms with Gasteiger partial charge in [0, 0.05) is 12.7 Å². The highest BCUT2D eigenvalue weighted by atomic mass is 19.4. The minimum absolute atomic E-state index is 0.0963. The highest BCUT2D eigenvalue weighted by molar-refractivity contribution is 5.36. The summed E-state index contributed by atoms with van der Waals surface area (Å²) in [5, 5.41) is 2.91. The lowest BCUT2D eigenvalue weighted by Gasteiger charge is -2.26. The standard InChI is InChI=1S/C13H12F3N3/c14-13(15,16)11-8-19-10(6-7-17-12(19)18-11)9-4-2-1-3-5-9/h1-5,8,10H,6-7H2,(H,17,18). The molecule has 1 atom stereocenters. The zero-order valence-corrected chi connectivity index (χ0v) is 9.98. The van der Waals surface area contributed by atoms with Gasteiger partial charge in [-0.2, -0.15) is 13.2 Å². The second-order valence-electron chi connectivity index (χ2n) is 4.50. The van der Waals surface area contributed by atoms with Crippen LogP contribution in [0.5, 0.6) is 0 Å². The third kappa shape index (κ3) is 2.18. The van der Waals surface area contributed by atoms with Crippen LogP contribution in [0.1, 0.15) is 23.7 Å². The molecule has 1 aromatic heterocycles. The Morgan fingerprint density at radius 1 is 1.21 bits per heavy atom. The first-order valence-corrected chi connectivity index (χ1v) is 6.00. The van der Waals surface area contributed by atoms with Crippen LogP contribution in [0.25, 0.3) is 0 Å². The lowest BCUT2D eigenvalue weighted by molar-refractivity contribution is -0.140. The maximum absolute atomic E-state index is 12.7. The van der Waals surface area contributed by atoms with E-state index in [-0.39, 0.29) is 12.0 Å². The van der Waals surface area contributed by atoms with Crippen molar-refractivity contribution in [3.63, 3.8) is 0 Å². The Hall–Kier alpha value is -1.98. The zero-order chi connectivity index (χ0) is 13.5. The van der Waals surface area contributed by atoms with Crippen molar-refractivity contribution in [2.24, 2.45) is 0 Å². The Morgan fingerprint density at radius 2 is 1.95 bits per heavy atom. The van der Waals surface area contributed by atoms with E-state index >= 15 is 0 Å². The molecule has 1 aliphatic heterocycles. The van der Waals surface area contributed by atoms with Crippen molar-refractivity contribution in [1.82, 2.24) is 9.55 Å². The van der Waals surface area contributed by atoms with E-state index in [0.717, 1.165) is 18.2 Å². The Kier molecular flexibility index (Phi) is 2.73. The van der Waals surface area contributed by atoms with Gasteiger partial charge in [0.15, 0.2) is 5.69 Å². The number of rotatable bonds is 1. The molecule has 0 saturated carbocycles. The van der Waals surface area contributed by atoms with Gasteiger partial charge >= 0.3 is 6.18 Å². The Morgan fingerprint density at radius 3 is 2.63 bits per heavy atom. The maximum Gasteiger partial charge on any atom is 0.434 e. The fourth-order valence-corrected chi connectivity index (χ4v) is 2.36. The molecular formula is C13H12F3N3. The van der Waals surface area contributed by atoms with Crippen LogP contribution in [0.15, 0.2) is 36.5 Å². The number of halogens is 3. The van der Waals surface area contributed by atoms with E-state index in [9.17, 15) is 13.2 Å². The fraction of sp³-hybridized carbons (Fsp3) is 0.308. The second kappa shape index (κ2) is 4.29. The molecule has 3 nitrogen and oxygen atoms in total. The van der Waals surface area contributed by atoms with Crippen LogP contribution in [0, 0.1) is 0 Å². The van der Waals surface area contributed by atoms with Crippen molar-refractivity contribution in [3.8, 4) is 0 Å². The number of nitrogens with one attached hydrogen (secondary N) is 1. The molecule has 100 valence electrons. The lowest BCUT2D eigenvalue weighted by atomic mass is 10.0. The molecule has 0 spiro atoms. The Bertz CT molecular complexity index is 575. The van der Waals surface area contributed by atoms with Crippen molar-refractivity contribution < 1.29 is 13.2 Å². The minimum atomic E-state index is -4.41. The van der Waals surface area contributed by atoms with Gasteiger partial charge in [0.1, 0.15) is 0 Å². The molecular weight excluding hydrogens is 255 g/mol. The van der Waals surface area contributed by atoms with E-state index < -0.39 is 11.9 Å². The summed E-state index contributed by atoms with van der Waals surface area (Å²) in [5.41, 5.74) is 0.147. The van der Waals surface area contributed by atoms with Crippen LogP contribution in [-0.2, 0) is 6.18 Å². The predicted molar refractivity (Wildman–Crippen MR) is 64.9 cm³/mol. The van der Waals surface area contributed by atoms with Gasteiger partial charge in [0.2, 0.25) is 5.95 Å². The van der Waals surface area contributed by atoms with E-state index in [0.29, 0.717) is 6.54 Å². The zero-order valence-electron chi connectivity index (χ0n) is 9.98. The van der Waals surface area contributed by atoms with Gasteiger partial charge < -0.3 is 9.88 Å². The van der Waals surface area contributed by atoms with Gasteiger partial charge in [-0.3, -0.25) is 0 Å². The maximum atomic E-state index is 12.7. The van der Waals surface area contributed by atoms with Crippen LogP contribution < -0.4 is 5.32 Å². The third-order valence-corrected chi connectivity index (χ3v) is 3.24. The van der Waals surface area contributed by atoms with E-state index in [2.05, 4.69) is 10.3 Å². The first-order valence-electron chi connectivity index (χ1n) is 6.00. The van der Waals surface area contributed by atoms with Gasteiger partial charge in [-0.1, -0.05) is 30.3 Å². The molecule has 0 fully saturated rings. The summed E-state index contributed by atoms with van der Waals surface area (Å²) in [6.45, 7) is 0.619. The summed E-state index contributed by atoms with van der Waals surface area (Å²) >= 11 is 0. The number of benzene rings is 1. The molecule has 1 aliphatic rings. The first kappa shape index (κ1) is 12.1. The fourth-order valence-electron chi connectivity index (χ4n) is 2.36. The molecule has 2 heterocycles. The smallest absolute Gasteiger partial charge is 0.356 e. The van der Waals surface area contributed by atoms with Crippen molar-refractivity contribution in [2.45, 2.75) is 18.6 Å². The number of anilines is 1. The number of imidazole rings is 1. The number of aromatic nitrogens is 2. The Labute approximate surface area is 108 Å². The van der Waals surface area contributed by atoms with Gasteiger partial charge in [0.25, 0.3) is 0 Å². The predicted octanol–water partition coefficient (Wildman–Crippen LogP) is 3.31. The largest absolute Gasteiger partial charge is 0.434 e. The van der Waals surface area contributed by atoms with Crippen LogP contribution in [0.2, 0.25) is 0 Å². The van der Waals surface area contributed by atoms with Crippen LogP contribution in [0.3, 0.4) is 0 Å². The molecule has 1 aromatic carbocycles. The molecule has 0 saturated heterocycles. The van der Waals surface area contributed by atoms with E-state index in [4.69, 9.17) is 0 Å². The summed E-state index contributed by atoms with van der Waals surface area (Å²) in [6, 6.07) is 9.42. The highest BCUT2D eigenvalue weighted by Gasteiger charge is 2.36. The number of nitrogens with zero attached hydrogens (tertiary/aromatic N) is 2. The van der Waals surface area contributed by atoms with Crippen LogP contribution in [-0.4, -0.2) is 16.1 Å². The number of fused-ring (bicyclic) bond motifs is 1. The molecule has 0 amide bonds. The SMILES string of the molecule is FC(F)(F)c1cn2c(n1)NCCC2c1ccccc1. The van der Waals surface area contributed by atoms with Crippen LogP contribution >= 0.6 is 0 Å². The summed E-state index contributed by atoms with van der Waals surface area (Å²) in [7, 11) is 0. The molecule has 0 radical (unpaired) electrons. The van der Waals surface area contributed by atoms with Crippen LogP contribution in [0.4, 0.5) is 19.1 Å².